The standard InChI is InChI=1S/C19H22F2N2O.Y/c1-3-16-8-14(9-18(22-16)13-4-5-13)17-7-6-15(21)10-19(17)23(24)11-12(2)20;/h6-10,12-13,24H,3-5,11H2,1-2H3;. The predicted molar refractivity (Wildman–Crippen MR) is 90.7 cm³/mol. The Balaban J connectivity index is 0.00000225. The monoisotopic (exact) mass is 421 g/mol. The van der Waals surface area contributed by atoms with Crippen LogP contribution in [0.1, 0.15) is 44.0 Å². The summed E-state index contributed by atoms with van der Waals surface area (Å²) in [6, 6.07) is 8.17. The fourth-order valence-corrected chi connectivity index (χ4v) is 2.83. The summed E-state index contributed by atoms with van der Waals surface area (Å²) in [7, 11) is 0. The minimum absolute atomic E-state index is 0. The number of hydrogen-bond donors (Lipinski definition) is 1. The van der Waals surface area contributed by atoms with Crippen LogP contribution in [-0.4, -0.2) is 22.9 Å². The number of pyridine rings is 1. The van der Waals surface area contributed by atoms with Crippen molar-refractivity contribution in [1.29, 1.82) is 0 Å². The fraction of sp³-hybridized carbons (Fsp3) is 0.421. The van der Waals surface area contributed by atoms with Gasteiger partial charge >= 0.3 is 0 Å². The number of aryl methyl sites for hydroxylation is 1. The van der Waals surface area contributed by atoms with E-state index in [1.165, 1.54) is 19.1 Å². The summed E-state index contributed by atoms with van der Waals surface area (Å²) in [5, 5.41) is 11.0. The van der Waals surface area contributed by atoms with Crippen molar-refractivity contribution in [2.75, 3.05) is 11.6 Å². The average Bonchev–Trinajstić information content (AvgIpc) is 3.38. The van der Waals surface area contributed by atoms with Gasteiger partial charge in [-0.15, -0.1) is 0 Å². The molecule has 1 aromatic heterocycles. The van der Waals surface area contributed by atoms with Crippen LogP contribution in [0.15, 0.2) is 30.3 Å². The zero-order chi connectivity index (χ0) is 17.3. The van der Waals surface area contributed by atoms with E-state index in [-0.39, 0.29) is 44.9 Å². The Bertz CT molecular complexity index is 735. The van der Waals surface area contributed by atoms with Crippen molar-refractivity contribution in [2.24, 2.45) is 0 Å². The number of aromatic nitrogens is 1. The van der Waals surface area contributed by atoms with Gasteiger partial charge in [0.05, 0.1) is 12.2 Å². The first-order valence-corrected chi connectivity index (χ1v) is 8.39. The van der Waals surface area contributed by atoms with Crippen LogP contribution in [0.25, 0.3) is 11.1 Å². The van der Waals surface area contributed by atoms with Crippen molar-refractivity contribution in [3.8, 4) is 11.1 Å². The van der Waals surface area contributed by atoms with Crippen molar-refractivity contribution in [3.05, 3.63) is 47.5 Å². The Morgan fingerprint density at radius 1 is 1.28 bits per heavy atom. The number of benzene rings is 1. The van der Waals surface area contributed by atoms with Crippen LogP contribution in [0.5, 0.6) is 0 Å². The van der Waals surface area contributed by atoms with Gasteiger partial charge in [0.2, 0.25) is 0 Å². The quantitative estimate of drug-likeness (QED) is 0.676. The average molecular weight is 421 g/mol. The van der Waals surface area contributed by atoms with E-state index >= 15 is 0 Å². The summed E-state index contributed by atoms with van der Waals surface area (Å²) < 4.78 is 26.9. The zero-order valence-electron chi connectivity index (χ0n) is 14.5. The molecule has 1 aliphatic rings. The van der Waals surface area contributed by atoms with Gasteiger partial charge in [0.25, 0.3) is 0 Å². The van der Waals surface area contributed by atoms with Gasteiger partial charge in [-0.25, -0.2) is 8.78 Å². The molecule has 0 bridgehead atoms. The zero-order valence-corrected chi connectivity index (χ0v) is 17.4. The third kappa shape index (κ3) is 5.05. The minimum Gasteiger partial charge on any atom is -0.288 e. The maximum atomic E-state index is 13.7. The molecule has 0 amide bonds. The van der Waals surface area contributed by atoms with Gasteiger partial charge in [-0.2, -0.15) is 0 Å². The van der Waals surface area contributed by atoms with E-state index in [1.54, 1.807) is 6.07 Å². The maximum absolute atomic E-state index is 13.7. The number of hydrogen-bond acceptors (Lipinski definition) is 3. The molecule has 1 aliphatic carbocycles. The Hall–Kier alpha value is -0.906. The Morgan fingerprint density at radius 3 is 2.60 bits per heavy atom. The first-order valence-electron chi connectivity index (χ1n) is 8.39. The van der Waals surface area contributed by atoms with E-state index < -0.39 is 12.0 Å². The molecule has 2 aromatic rings. The first-order chi connectivity index (χ1) is 11.5. The number of nitrogens with zero attached hydrogens (tertiary/aromatic N) is 2. The number of hydroxylamine groups is 1. The summed E-state index contributed by atoms with van der Waals surface area (Å²) in [4.78, 5) is 4.67. The van der Waals surface area contributed by atoms with Gasteiger partial charge < -0.3 is 0 Å². The third-order valence-corrected chi connectivity index (χ3v) is 4.23. The predicted octanol–water partition coefficient (Wildman–Crippen LogP) is 4.88. The molecule has 25 heavy (non-hydrogen) atoms. The van der Waals surface area contributed by atoms with Crippen LogP contribution in [-0.2, 0) is 39.1 Å². The second-order valence-corrected chi connectivity index (χ2v) is 6.42. The van der Waals surface area contributed by atoms with Crippen molar-refractivity contribution in [1.82, 2.24) is 4.98 Å². The van der Waals surface area contributed by atoms with Gasteiger partial charge in [0, 0.05) is 61.6 Å². The molecule has 0 spiro atoms. The van der Waals surface area contributed by atoms with Gasteiger partial charge in [0.1, 0.15) is 12.0 Å². The van der Waals surface area contributed by atoms with Crippen LogP contribution in [0.2, 0.25) is 0 Å². The van der Waals surface area contributed by atoms with Gasteiger partial charge in [-0.1, -0.05) is 6.92 Å². The van der Waals surface area contributed by atoms with E-state index in [4.69, 9.17) is 0 Å². The topological polar surface area (TPSA) is 36.4 Å². The van der Waals surface area contributed by atoms with Gasteiger partial charge in [-0.3, -0.25) is 15.3 Å². The van der Waals surface area contributed by atoms with Crippen molar-refractivity contribution in [3.63, 3.8) is 0 Å². The van der Waals surface area contributed by atoms with Crippen LogP contribution in [0.4, 0.5) is 14.5 Å². The number of anilines is 1. The molecule has 1 fully saturated rings. The molecule has 131 valence electrons. The molecule has 1 unspecified atom stereocenters. The van der Waals surface area contributed by atoms with Crippen LogP contribution in [0.3, 0.4) is 0 Å². The van der Waals surface area contributed by atoms with Crippen LogP contribution >= 0.6 is 0 Å². The summed E-state index contributed by atoms with van der Waals surface area (Å²) in [5.41, 5.74) is 3.84. The molecule has 1 radical (unpaired) electrons. The van der Waals surface area contributed by atoms with Crippen molar-refractivity contribution < 1.29 is 46.7 Å². The molecule has 3 nitrogen and oxygen atoms in total. The van der Waals surface area contributed by atoms with E-state index in [1.807, 2.05) is 19.1 Å². The molecule has 0 aliphatic heterocycles. The van der Waals surface area contributed by atoms with Gasteiger partial charge in [0.15, 0.2) is 0 Å². The normalized spacial score (nSPS) is 14.8. The SMILES string of the molecule is CCc1cc(-c2ccc(F)cc2N(O)CC(C)F)cc(C2CC2)n1.[Y]. The Kier molecular flexibility index (Phi) is 7.06. The van der Waals surface area contributed by atoms with Crippen molar-refractivity contribution >= 4 is 5.69 Å². The summed E-state index contributed by atoms with van der Waals surface area (Å²) in [6.07, 6.45) is 1.86. The number of rotatable bonds is 6. The van der Waals surface area contributed by atoms with E-state index in [0.29, 0.717) is 11.5 Å². The third-order valence-electron chi connectivity index (χ3n) is 4.23. The molecule has 0 saturated heterocycles. The number of alkyl halides is 1. The first kappa shape index (κ1) is 20.4. The van der Waals surface area contributed by atoms with E-state index in [2.05, 4.69) is 4.98 Å². The Labute approximate surface area is 172 Å². The van der Waals surface area contributed by atoms with E-state index in [0.717, 1.165) is 41.3 Å². The molecule has 1 saturated carbocycles. The maximum Gasteiger partial charge on any atom is 0.125 e. The van der Waals surface area contributed by atoms with Gasteiger partial charge in [-0.05, 0) is 56.0 Å². The smallest absolute Gasteiger partial charge is 0.125 e. The molecule has 1 N–H and O–H groups in total. The van der Waals surface area contributed by atoms with Crippen molar-refractivity contribution in [2.45, 2.75) is 45.2 Å². The van der Waals surface area contributed by atoms with Crippen LogP contribution in [0, 0.1) is 5.82 Å². The van der Waals surface area contributed by atoms with E-state index in [9.17, 15) is 14.0 Å². The largest absolute Gasteiger partial charge is 0.288 e. The fourth-order valence-electron chi connectivity index (χ4n) is 2.83. The molecule has 1 heterocycles. The minimum atomic E-state index is -1.23. The molecule has 3 rings (SSSR count). The molecular formula is C19H22F2N2OY. The summed E-state index contributed by atoms with van der Waals surface area (Å²) in [6.45, 7) is 3.18. The summed E-state index contributed by atoms with van der Waals surface area (Å²) in [5.74, 6) is 0.0294. The molecular weight excluding hydrogens is 399 g/mol. The Morgan fingerprint density at radius 2 is 2.00 bits per heavy atom. The number of halogens is 2. The molecule has 1 atom stereocenters. The second-order valence-electron chi connectivity index (χ2n) is 6.42. The molecule has 1 aromatic carbocycles. The van der Waals surface area contributed by atoms with Crippen LogP contribution < -0.4 is 5.06 Å². The molecule has 6 heteroatoms. The second kappa shape index (κ2) is 8.65. The summed E-state index contributed by atoms with van der Waals surface area (Å²) >= 11 is 0.